The lowest BCUT2D eigenvalue weighted by Crippen LogP contribution is -2.23. The summed E-state index contributed by atoms with van der Waals surface area (Å²) in [7, 11) is 0. The van der Waals surface area contributed by atoms with Gasteiger partial charge in [0.05, 0.1) is 6.61 Å². The maximum Gasteiger partial charge on any atom is 0.119 e. The lowest BCUT2D eigenvalue weighted by Gasteiger charge is -2.15. The topological polar surface area (TPSA) is 61.7 Å². The largest absolute Gasteiger partial charge is 0.508 e. The van der Waals surface area contributed by atoms with Gasteiger partial charge < -0.3 is 20.3 Å². The standard InChI is InChI=1S/C14H23NO3/c1-10(2)9-18-5-4-15-11(3)12-6-13(16)8-14(17)7-12/h6-8,10-11,15-17H,4-5,9H2,1-3H3. The van der Waals surface area contributed by atoms with Crippen molar-refractivity contribution in [3.05, 3.63) is 23.8 Å². The summed E-state index contributed by atoms with van der Waals surface area (Å²) in [6, 6.07) is 4.67. The van der Waals surface area contributed by atoms with E-state index in [2.05, 4.69) is 19.2 Å². The van der Waals surface area contributed by atoms with Crippen LogP contribution in [-0.4, -0.2) is 30.0 Å². The van der Waals surface area contributed by atoms with Crippen LogP contribution < -0.4 is 5.32 Å². The quantitative estimate of drug-likeness (QED) is 0.653. The van der Waals surface area contributed by atoms with Crippen molar-refractivity contribution in [2.75, 3.05) is 19.8 Å². The Balaban J connectivity index is 2.34. The molecule has 0 aromatic heterocycles. The molecule has 0 bridgehead atoms. The molecule has 0 aliphatic rings. The Morgan fingerprint density at radius 1 is 1.11 bits per heavy atom. The highest BCUT2D eigenvalue weighted by Gasteiger charge is 2.07. The molecule has 102 valence electrons. The first-order valence-corrected chi connectivity index (χ1v) is 6.33. The summed E-state index contributed by atoms with van der Waals surface area (Å²) in [6.07, 6.45) is 0. The number of ether oxygens (including phenoxy) is 1. The van der Waals surface area contributed by atoms with E-state index in [-0.39, 0.29) is 17.5 Å². The van der Waals surface area contributed by atoms with Crippen LogP contribution in [0.3, 0.4) is 0 Å². The second-order valence-corrected chi connectivity index (χ2v) is 4.93. The normalized spacial score (nSPS) is 12.9. The van der Waals surface area contributed by atoms with Gasteiger partial charge in [0.15, 0.2) is 0 Å². The van der Waals surface area contributed by atoms with Crippen LogP contribution in [-0.2, 0) is 4.74 Å². The number of nitrogens with one attached hydrogen (secondary N) is 1. The Morgan fingerprint density at radius 2 is 1.72 bits per heavy atom. The monoisotopic (exact) mass is 253 g/mol. The molecule has 1 rings (SSSR count). The van der Waals surface area contributed by atoms with E-state index in [0.717, 1.165) is 18.7 Å². The molecular formula is C14H23NO3. The summed E-state index contributed by atoms with van der Waals surface area (Å²) >= 11 is 0. The molecule has 0 saturated heterocycles. The van der Waals surface area contributed by atoms with Gasteiger partial charge in [-0.2, -0.15) is 0 Å². The van der Waals surface area contributed by atoms with Crippen LogP contribution in [0.15, 0.2) is 18.2 Å². The zero-order chi connectivity index (χ0) is 13.5. The second-order valence-electron chi connectivity index (χ2n) is 4.93. The van der Waals surface area contributed by atoms with Gasteiger partial charge in [-0.15, -0.1) is 0 Å². The number of phenols is 2. The Bertz CT molecular complexity index is 346. The number of hydrogen-bond acceptors (Lipinski definition) is 4. The van der Waals surface area contributed by atoms with E-state index in [1.807, 2.05) is 6.92 Å². The Hall–Kier alpha value is -1.26. The molecule has 0 aliphatic heterocycles. The molecule has 1 unspecified atom stereocenters. The summed E-state index contributed by atoms with van der Waals surface area (Å²) in [6.45, 7) is 8.38. The van der Waals surface area contributed by atoms with Crippen molar-refractivity contribution in [3.63, 3.8) is 0 Å². The van der Waals surface area contributed by atoms with E-state index in [4.69, 9.17) is 4.74 Å². The first kappa shape index (κ1) is 14.8. The fourth-order valence-corrected chi connectivity index (χ4v) is 1.65. The number of benzene rings is 1. The Kier molecular flexibility index (Phi) is 5.95. The highest BCUT2D eigenvalue weighted by Crippen LogP contribution is 2.24. The van der Waals surface area contributed by atoms with Gasteiger partial charge in [0, 0.05) is 25.3 Å². The van der Waals surface area contributed by atoms with E-state index >= 15 is 0 Å². The molecule has 0 fully saturated rings. The van der Waals surface area contributed by atoms with E-state index in [0.29, 0.717) is 12.5 Å². The first-order chi connectivity index (χ1) is 8.49. The van der Waals surface area contributed by atoms with Crippen LogP contribution in [0.5, 0.6) is 11.5 Å². The molecule has 18 heavy (non-hydrogen) atoms. The van der Waals surface area contributed by atoms with Gasteiger partial charge in [0.1, 0.15) is 11.5 Å². The number of hydrogen-bond donors (Lipinski definition) is 3. The molecule has 1 aromatic rings. The van der Waals surface area contributed by atoms with Gasteiger partial charge in [-0.3, -0.25) is 0 Å². The average Bonchev–Trinajstić information content (AvgIpc) is 2.26. The van der Waals surface area contributed by atoms with E-state index in [1.54, 1.807) is 12.1 Å². The number of aromatic hydroxyl groups is 2. The van der Waals surface area contributed by atoms with Crippen molar-refractivity contribution in [1.82, 2.24) is 5.32 Å². The van der Waals surface area contributed by atoms with Crippen LogP contribution in [0, 0.1) is 5.92 Å². The highest BCUT2D eigenvalue weighted by atomic mass is 16.5. The molecule has 0 aliphatic carbocycles. The molecular weight excluding hydrogens is 230 g/mol. The van der Waals surface area contributed by atoms with Crippen LogP contribution in [0.1, 0.15) is 32.4 Å². The predicted octanol–water partition coefficient (Wildman–Crippen LogP) is 2.42. The highest BCUT2D eigenvalue weighted by molar-refractivity contribution is 5.37. The van der Waals surface area contributed by atoms with E-state index in [9.17, 15) is 10.2 Å². The van der Waals surface area contributed by atoms with Crippen LogP contribution in [0.2, 0.25) is 0 Å². The molecule has 0 saturated carbocycles. The van der Waals surface area contributed by atoms with Crippen molar-refractivity contribution in [2.45, 2.75) is 26.8 Å². The zero-order valence-corrected chi connectivity index (χ0v) is 11.3. The maximum absolute atomic E-state index is 9.40. The number of rotatable bonds is 7. The summed E-state index contributed by atoms with van der Waals surface area (Å²) in [5.74, 6) is 0.704. The van der Waals surface area contributed by atoms with Gasteiger partial charge in [0.2, 0.25) is 0 Å². The van der Waals surface area contributed by atoms with Crippen molar-refractivity contribution in [2.24, 2.45) is 5.92 Å². The molecule has 0 heterocycles. The Labute approximate surface area is 109 Å². The minimum atomic E-state index is 0.0608. The predicted molar refractivity (Wildman–Crippen MR) is 71.8 cm³/mol. The second kappa shape index (κ2) is 7.24. The third kappa shape index (κ3) is 5.38. The molecule has 0 amide bonds. The third-order valence-electron chi connectivity index (χ3n) is 2.57. The van der Waals surface area contributed by atoms with Gasteiger partial charge in [-0.05, 0) is 30.5 Å². The smallest absolute Gasteiger partial charge is 0.119 e. The average molecular weight is 253 g/mol. The van der Waals surface area contributed by atoms with Crippen molar-refractivity contribution in [1.29, 1.82) is 0 Å². The Morgan fingerprint density at radius 3 is 2.28 bits per heavy atom. The maximum atomic E-state index is 9.40. The van der Waals surface area contributed by atoms with Gasteiger partial charge in [-0.25, -0.2) is 0 Å². The summed E-state index contributed by atoms with van der Waals surface area (Å²) in [4.78, 5) is 0. The van der Waals surface area contributed by atoms with E-state index in [1.165, 1.54) is 6.07 Å². The van der Waals surface area contributed by atoms with Crippen molar-refractivity contribution < 1.29 is 14.9 Å². The molecule has 3 N–H and O–H groups in total. The van der Waals surface area contributed by atoms with Crippen molar-refractivity contribution in [3.8, 4) is 11.5 Å². The third-order valence-corrected chi connectivity index (χ3v) is 2.57. The van der Waals surface area contributed by atoms with Crippen LogP contribution in [0.25, 0.3) is 0 Å². The lowest BCUT2D eigenvalue weighted by molar-refractivity contribution is 0.110. The molecule has 4 nitrogen and oxygen atoms in total. The fraction of sp³-hybridized carbons (Fsp3) is 0.571. The SMILES string of the molecule is CC(C)COCCNC(C)c1cc(O)cc(O)c1. The van der Waals surface area contributed by atoms with Gasteiger partial charge in [0.25, 0.3) is 0 Å². The van der Waals surface area contributed by atoms with Crippen LogP contribution in [0.4, 0.5) is 0 Å². The summed E-state index contributed by atoms with van der Waals surface area (Å²) in [5.41, 5.74) is 0.858. The number of phenolic OH excluding ortho intramolecular Hbond substituents is 2. The van der Waals surface area contributed by atoms with Crippen LogP contribution >= 0.6 is 0 Å². The fourth-order valence-electron chi connectivity index (χ4n) is 1.65. The molecule has 1 atom stereocenters. The zero-order valence-electron chi connectivity index (χ0n) is 11.3. The van der Waals surface area contributed by atoms with Gasteiger partial charge >= 0.3 is 0 Å². The minimum absolute atomic E-state index is 0.0608. The molecule has 1 aromatic carbocycles. The lowest BCUT2D eigenvalue weighted by atomic mass is 10.1. The summed E-state index contributed by atoms with van der Waals surface area (Å²) < 4.78 is 5.47. The molecule has 0 spiro atoms. The van der Waals surface area contributed by atoms with Gasteiger partial charge in [-0.1, -0.05) is 13.8 Å². The van der Waals surface area contributed by atoms with Crippen molar-refractivity contribution >= 4 is 0 Å². The van der Waals surface area contributed by atoms with E-state index < -0.39 is 0 Å². The minimum Gasteiger partial charge on any atom is -0.508 e. The first-order valence-electron chi connectivity index (χ1n) is 6.33. The molecule has 4 heteroatoms. The molecule has 0 radical (unpaired) electrons. The summed E-state index contributed by atoms with van der Waals surface area (Å²) in [5, 5.41) is 22.1.